The van der Waals surface area contributed by atoms with E-state index in [4.69, 9.17) is 0 Å². The molecule has 1 saturated heterocycles. The lowest BCUT2D eigenvalue weighted by Crippen LogP contribution is -2.65. The van der Waals surface area contributed by atoms with E-state index in [2.05, 4.69) is 10.2 Å². The van der Waals surface area contributed by atoms with Gasteiger partial charge in [0.05, 0.1) is 0 Å². The molecule has 3 saturated carbocycles. The second kappa shape index (κ2) is 4.49. The maximum Gasteiger partial charge on any atom is 0.0309 e. The lowest BCUT2D eigenvalue weighted by Gasteiger charge is -2.50. The maximum atomic E-state index is 3.99. The number of rotatable bonds is 3. The lowest BCUT2D eigenvalue weighted by atomic mass is 9.79. The van der Waals surface area contributed by atoms with E-state index in [1.807, 2.05) is 0 Å². The summed E-state index contributed by atoms with van der Waals surface area (Å²) < 4.78 is 0. The molecule has 0 radical (unpaired) electrons. The Labute approximate surface area is 111 Å². The minimum absolute atomic E-state index is 0.512. The smallest absolute Gasteiger partial charge is 0.0309 e. The first-order valence-corrected chi connectivity index (χ1v) is 8.34. The number of hydrogen-bond acceptors (Lipinski definition) is 2. The van der Waals surface area contributed by atoms with Crippen LogP contribution in [0.25, 0.3) is 0 Å². The van der Waals surface area contributed by atoms with Crippen molar-refractivity contribution in [1.82, 2.24) is 10.2 Å². The van der Waals surface area contributed by atoms with Crippen LogP contribution in [0.1, 0.15) is 57.8 Å². The molecule has 2 heteroatoms. The van der Waals surface area contributed by atoms with E-state index < -0.39 is 0 Å². The van der Waals surface area contributed by atoms with E-state index >= 15 is 0 Å². The molecule has 0 bridgehead atoms. The van der Waals surface area contributed by atoms with Crippen LogP contribution in [-0.4, -0.2) is 36.1 Å². The fourth-order valence-corrected chi connectivity index (χ4v) is 4.35. The molecule has 4 rings (SSSR count). The first kappa shape index (κ1) is 11.7. The highest BCUT2D eigenvalue weighted by atomic mass is 15.3. The van der Waals surface area contributed by atoms with Gasteiger partial charge in [-0.2, -0.15) is 0 Å². The third kappa shape index (κ3) is 2.34. The molecule has 4 aliphatic rings. The third-order valence-electron chi connectivity index (χ3n) is 5.83. The topological polar surface area (TPSA) is 15.3 Å². The van der Waals surface area contributed by atoms with Gasteiger partial charge in [0.1, 0.15) is 0 Å². The van der Waals surface area contributed by atoms with Gasteiger partial charge in [-0.15, -0.1) is 0 Å². The Morgan fingerprint density at radius 2 is 1.78 bits per heavy atom. The van der Waals surface area contributed by atoms with Gasteiger partial charge < -0.3 is 5.32 Å². The summed E-state index contributed by atoms with van der Waals surface area (Å²) in [6.45, 7) is 4.08. The van der Waals surface area contributed by atoms with E-state index in [0.717, 1.165) is 17.9 Å². The van der Waals surface area contributed by atoms with E-state index in [9.17, 15) is 0 Å². The molecule has 3 aliphatic carbocycles. The predicted molar refractivity (Wildman–Crippen MR) is 74.6 cm³/mol. The fourth-order valence-electron chi connectivity index (χ4n) is 4.35. The van der Waals surface area contributed by atoms with Crippen molar-refractivity contribution in [3.05, 3.63) is 0 Å². The van der Waals surface area contributed by atoms with Crippen molar-refractivity contribution in [1.29, 1.82) is 0 Å². The van der Waals surface area contributed by atoms with E-state index in [-0.39, 0.29) is 0 Å². The zero-order valence-electron chi connectivity index (χ0n) is 11.7. The molecular formula is C16H28N2. The van der Waals surface area contributed by atoms with Crippen LogP contribution in [0.2, 0.25) is 0 Å². The van der Waals surface area contributed by atoms with Gasteiger partial charge in [-0.25, -0.2) is 0 Å². The lowest BCUT2D eigenvalue weighted by molar-refractivity contribution is 0.0433. The molecule has 0 aromatic carbocycles. The van der Waals surface area contributed by atoms with Gasteiger partial charge in [0, 0.05) is 31.2 Å². The van der Waals surface area contributed by atoms with Crippen molar-refractivity contribution in [3.8, 4) is 0 Å². The fraction of sp³-hybridized carbons (Fsp3) is 1.00. The zero-order valence-corrected chi connectivity index (χ0v) is 11.7. The first-order valence-electron chi connectivity index (χ1n) is 8.34. The number of nitrogens with zero attached hydrogens (tertiary/aromatic N) is 1. The molecule has 1 atom stereocenters. The monoisotopic (exact) mass is 248 g/mol. The van der Waals surface area contributed by atoms with Crippen LogP contribution in [0, 0.1) is 11.8 Å². The average molecular weight is 248 g/mol. The van der Waals surface area contributed by atoms with Gasteiger partial charge in [0.25, 0.3) is 0 Å². The second-order valence-electron chi connectivity index (χ2n) is 7.50. The summed E-state index contributed by atoms with van der Waals surface area (Å²) in [6, 6.07) is 0.887. The van der Waals surface area contributed by atoms with Gasteiger partial charge in [0.15, 0.2) is 0 Å². The molecule has 4 fully saturated rings. The summed E-state index contributed by atoms with van der Waals surface area (Å²) in [6.07, 6.45) is 13.3. The van der Waals surface area contributed by atoms with Gasteiger partial charge in [-0.1, -0.05) is 19.3 Å². The van der Waals surface area contributed by atoms with Crippen LogP contribution in [0.3, 0.4) is 0 Å². The zero-order chi connectivity index (χ0) is 12.0. The summed E-state index contributed by atoms with van der Waals surface area (Å²) in [5.74, 6) is 2.10. The molecule has 0 aromatic heterocycles. The molecule has 0 amide bonds. The molecule has 2 nitrogen and oxygen atoms in total. The summed E-state index contributed by atoms with van der Waals surface area (Å²) in [7, 11) is 0. The Kier molecular flexibility index (Phi) is 2.92. The number of piperazine rings is 1. The number of hydrogen-bond donors (Lipinski definition) is 1. The van der Waals surface area contributed by atoms with Gasteiger partial charge in [-0.3, -0.25) is 4.90 Å². The third-order valence-corrected chi connectivity index (χ3v) is 5.83. The molecule has 18 heavy (non-hydrogen) atoms. The largest absolute Gasteiger partial charge is 0.308 e. The highest BCUT2D eigenvalue weighted by Crippen LogP contribution is 2.41. The van der Waals surface area contributed by atoms with Crippen molar-refractivity contribution in [2.45, 2.75) is 69.4 Å². The normalized spacial score (nSPS) is 37.0. The van der Waals surface area contributed by atoms with Crippen LogP contribution in [0.15, 0.2) is 0 Å². The second-order valence-corrected chi connectivity index (χ2v) is 7.50. The summed E-state index contributed by atoms with van der Waals surface area (Å²) in [4.78, 5) is 2.91. The van der Waals surface area contributed by atoms with Crippen molar-refractivity contribution < 1.29 is 0 Å². The molecule has 102 valence electrons. The van der Waals surface area contributed by atoms with Crippen molar-refractivity contribution in [3.63, 3.8) is 0 Å². The van der Waals surface area contributed by atoms with Gasteiger partial charge in [-0.05, 0) is 50.4 Å². The van der Waals surface area contributed by atoms with Gasteiger partial charge >= 0.3 is 0 Å². The van der Waals surface area contributed by atoms with Crippen LogP contribution in [0.4, 0.5) is 0 Å². The molecule has 1 unspecified atom stereocenters. The van der Waals surface area contributed by atoms with Crippen molar-refractivity contribution in [2.24, 2.45) is 11.8 Å². The van der Waals surface area contributed by atoms with E-state index in [0.29, 0.717) is 5.54 Å². The van der Waals surface area contributed by atoms with E-state index in [1.165, 1.54) is 77.4 Å². The van der Waals surface area contributed by atoms with Crippen molar-refractivity contribution in [2.75, 3.05) is 19.6 Å². The standard InChI is InChI=1S/C16H28N2/c1-2-8-16(9-3-1)12-18(11-13-4-5-13)15(10-17-16)14-6-7-14/h13-15,17H,1-12H2. The molecule has 1 aliphatic heterocycles. The Bertz CT molecular complexity index is 300. The molecule has 1 N–H and O–H groups in total. The Balaban J connectivity index is 1.46. The van der Waals surface area contributed by atoms with Crippen LogP contribution >= 0.6 is 0 Å². The number of nitrogens with one attached hydrogen (secondary N) is 1. The maximum absolute atomic E-state index is 3.99. The Hall–Kier alpha value is -0.0800. The van der Waals surface area contributed by atoms with Crippen LogP contribution in [-0.2, 0) is 0 Å². The Morgan fingerprint density at radius 1 is 1.00 bits per heavy atom. The van der Waals surface area contributed by atoms with Crippen molar-refractivity contribution >= 4 is 0 Å². The summed E-state index contributed by atoms with van der Waals surface area (Å²) in [5, 5.41) is 3.99. The minimum Gasteiger partial charge on any atom is -0.308 e. The highest BCUT2D eigenvalue weighted by Gasteiger charge is 2.45. The van der Waals surface area contributed by atoms with Crippen LogP contribution in [0.5, 0.6) is 0 Å². The van der Waals surface area contributed by atoms with Crippen LogP contribution < -0.4 is 5.32 Å². The summed E-state index contributed by atoms with van der Waals surface area (Å²) >= 11 is 0. The predicted octanol–water partition coefficient (Wildman–Crippen LogP) is 2.78. The molecule has 1 spiro atoms. The SMILES string of the molecule is C1CCC2(CC1)CN(CC1CC1)C(C1CC1)CN2. The average Bonchev–Trinajstić information content (AvgIpc) is 3.25. The van der Waals surface area contributed by atoms with E-state index in [1.54, 1.807) is 0 Å². The quantitative estimate of drug-likeness (QED) is 0.826. The highest BCUT2D eigenvalue weighted by molar-refractivity contribution is 5.03. The molecule has 1 heterocycles. The summed E-state index contributed by atoms with van der Waals surface area (Å²) in [5.41, 5.74) is 0.512. The minimum atomic E-state index is 0.512. The molecular weight excluding hydrogens is 220 g/mol. The molecule has 0 aromatic rings. The Morgan fingerprint density at radius 3 is 2.44 bits per heavy atom. The van der Waals surface area contributed by atoms with Gasteiger partial charge in [0.2, 0.25) is 0 Å². The first-order chi connectivity index (χ1) is 8.85.